The van der Waals surface area contributed by atoms with E-state index in [4.69, 9.17) is 21.4 Å². The molecule has 1 atom stereocenters. The molecule has 1 aromatic carbocycles. The van der Waals surface area contributed by atoms with E-state index in [9.17, 15) is 4.79 Å². The molecule has 3 nitrogen and oxygen atoms in total. The van der Waals surface area contributed by atoms with Gasteiger partial charge in [0, 0.05) is 10.6 Å². The summed E-state index contributed by atoms with van der Waals surface area (Å²) in [5.74, 6) is -0.552. The zero-order chi connectivity index (χ0) is 11.4. The fourth-order valence-electron chi connectivity index (χ4n) is 1.03. The maximum absolute atomic E-state index is 10.6. The van der Waals surface area contributed by atoms with E-state index >= 15 is 0 Å². The van der Waals surface area contributed by atoms with Crippen molar-refractivity contribution in [3.8, 4) is 5.75 Å². The van der Waals surface area contributed by atoms with E-state index < -0.39 is 12.1 Å². The van der Waals surface area contributed by atoms with Gasteiger partial charge < -0.3 is 9.84 Å². The Morgan fingerprint density at radius 3 is 2.87 bits per heavy atom. The van der Waals surface area contributed by atoms with E-state index in [1.807, 2.05) is 0 Å². The highest BCUT2D eigenvalue weighted by Gasteiger charge is 2.13. The number of hydrogen-bond acceptors (Lipinski definition) is 2. The Bertz CT molecular complexity index is 387. The maximum Gasteiger partial charge on any atom is 0.344 e. The Labute approximate surface area is 92.9 Å². The second-order valence-electron chi connectivity index (χ2n) is 2.98. The summed E-state index contributed by atoms with van der Waals surface area (Å²) in [4.78, 5) is 10.6. The van der Waals surface area contributed by atoms with Gasteiger partial charge in [0.2, 0.25) is 0 Å². The summed E-state index contributed by atoms with van der Waals surface area (Å²) < 4.78 is 5.22. The Morgan fingerprint density at radius 1 is 1.67 bits per heavy atom. The van der Waals surface area contributed by atoms with Gasteiger partial charge in [0.25, 0.3) is 0 Å². The number of aliphatic carboxylic acids is 1. The number of carbonyl (C=O) groups is 1. The lowest BCUT2D eigenvalue weighted by molar-refractivity contribution is -0.144. The summed E-state index contributed by atoms with van der Waals surface area (Å²) in [5.41, 5.74) is 0.676. The van der Waals surface area contributed by atoms with Crippen LogP contribution in [0, 0.1) is 0 Å². The van der Waals surface area contributed by atoms with Gasteiger partial charge in [0.05, 0.1) is 0 Å². The lowest BCUT2D eigenvalue weighted by atomic mass is 10.2. The third kappa shape index (κ3) is 2.99. The number of ether oxygens (including phenoxy) is 1. The first-order valence-electron chi connectivity index (χ1n) is 4.36. The molecule has 15 heavy (non-hydrogen) atoms. The first-order valence-corrected chi connectivity index (χ1v) is 4.74. The average Bonchev–Trinajstić information content (AvgIpc) is 2.20. The molecule has 0 bridgehead atoms. The number of halogens is 1. The van der Waals surface area contributed by atoms with Crippen LogP contribution in [0.5, 0.6) is 5.75 Å². The zero-order valence-electron chi connectivity index (χ0n) is 8.24. The minimum Gasteiger partial charge on any atom is -0.479 e. The summed E-state index contributed by atoms with van der Waals surface area (Å²) in [5, 5.41) is 9.24. The molecule has 0 spiro atoms. The van der Waals surface area contributed by atoms with Crippen molar-refractivity contribution in [3.05, 3.63) is 35.4 Å². The topological polar surface area (TPSA) is 46.5 Å². The number of carboxylic acid groups (broad SMARTS) is 1. The van der Waals surface area contributed by atoms with Crippen molar-refractivity contribution in [3.63, 3.8) is 0 Å². The zero-order valence-corrected chi connectivity index (χ0v) is 8.99. The van der Waals surface area contributed by atoms with Crippen LogP contribution in [0.2, 0.25) is 5.02 Å². The number of hydrogen-bond donors (Lipinski definition) is 1. The van der Waals surface area contributed by atoms with Crippen molar-refractivity contribution in [1.29, 1.82) is 0 Å². The van der Waals surface area contributed by atoms with E-state index in [-0.39, 0.29) is 0 Å². The molecule has 1 aromatic rings. The predicted molar refractivity (Wildman–Crippen MR) is 59.3 cm³/mol. The maximum atomic E-state index is 10.6. The summed E-state index contributed by atoms with van der Waals surface area (Å²) in [6, 6.07) is 4.93. The van der Waals surface area contributed by atoms with E-state index in [1.165, 1.54) is 6.92 Å². The second kappa shape index (κ2) is 4.84. The summed E-state index contributed by atoms with van der Waals surface area (Å²) in [6.45, 7) is 5.06. The van der Waals surface area contributed by atoms with Crippen LogP contribution in [-0.2, 0) is 4.79 Å². The molecular weight excluding hydrogens is 216 g/mol. The summed E-state index contributed by atoms with van der Waals surface area (Å²) in [6.07, 6.45) is 0.667. The van der Waals surface area contributed by atoms with Crippen molar-refractivity contribution in [2.75, 3.05) is 0 Å². The molecule has 1 unspecified atom stereocenters. The number of carboxylic acids is 1. The molecule has 0 radical (unpaired) electrons. The first kappa shape index (κ1) is 11.6. The van der Waals surface area contributed by atoms with E-state index in [1.54, 1.807) is 24.3 Å². The molecule has 1 N–H and O–H groups in total. The van der Waals surface area contributed by atoms with Crippen molar-refractivity contribution in [2.45, 2.75) is 13.0 Å². The van der Waals surface area contributed by atoms with E-state index in [0.29, 0.717) is 16.3 Å². The minimum absolute atomic E-state index is 0.462. The van der Waals surface area contributed by atoms with Crippen LogP contribution >= 0.6 is 11.6 Å². The van der Waals surface area contributed by atoms with E-state index in [2.05, 4.69) is 6.58 Å². The minimum atomic E-state index is -1.01. The van der Waals surface area contributed by atoms with E-state index in [0.717, 1.165) is 0 Å². The highest BCUT2D eigenvalue weighted by molar-refractivity contribution is 6.30. The van der Waals surface area contributed by atoms with Crippen LogP contribution in [0.1, 0.15) is 12.5 Å². The molecule has 0 heterocycles. The van der Waals surface area contributed by atoms with Crippen molar-refractivity contribution >= 4 is 23.6 Å². The Kier molecular flexibility index (Phi) is 3.74. The van der Waals surface area contributed by atoms with Crippen LogP contribution in [-0.4, -0.2) is 17.2 Å². The van der Waals surface area contributed by atoms with Gasteiger partial charge >= 0.3 is 5.97 Å². The van der Waals surface area contributed by atoms with Gasteiger partial charge in [-0.05, 0) is 25.1 Å². The third-order valence-corrected chi connectivity index (χ3v) is 2.08. The van der Waals surface area contributed by atoms with Crippen molar-refractivity contribution < 1.29 is 14.6 Å². The van der Waals surface area contributed by atoms with Crippen LogP contribution in [0.15, 0.2) is 24.8 Å². The van der Waals surface area contributed by atoms with Gasteiger partial charge in [-0.2, -0.15) is 0 Å². The molecule has 1 rings (SSSR count). The van der Waals surface area contributed by atoms with Gasteiger partial charge in [-0.1, -0.05) is 24.3 Å². The number of rotatable bonds is 4. The Hall–Kier alpha value is -1.48. The molecule has 80 valence electrons. The molecule has 0 aliphatic rings. The van der Waals surface area contributed by atoms with Gasteiger partial charge in [-0.25, -0.2) is 4.79 Å². The SMILES string of the molecule is C=Cc1cc(Cl)ccc1OC(C)C(=O)O. The lowest BCUT2D eigenvalue weighted by Crippen LogP contribution is -2.23. The average molecular weight is 227 g/mol. The fourth-order valence-corrected chi connectivity index (χ4v) is 1.21. The third-order valence-electron chi connectivity index (χ3n) is 1.84. The molecule has 0 amide bonds. The summed E-state index contributed by atoms with van der Waals surface area (Å²) >= 11 is 5.78. The van der Waals surface area contributed by atoms with Crippen molar-refractivity contribution in [2.24, 2.45) is 0 Å². The highest BCUT2D eigenvalue weighted by atomic mass is 35.5. The quantitative estimate of drug-likeness (QED) is 0.859. The van der Waals surface area contributed by atoms with Crippen LogP contribution < -0.4 is 4.74 Å². The summed E-state index contributed by atoms with van der Waals surface area (Å²) in [7, 11) is 0. The molecule has 4 heteroatoms. The monoisotopic (exact) mass is 226 g/mol. The highest BCUT2D eigenvalue weighted by Crippen LogP contribution is 2.24. The fraction of sp³-hybridized carbons (Fsp3) is 0.182. The second-order valence-corrected chi connectivity index (χ2v) is 3.42. The van der Waals surface area contributed by atoms with Crippen LogP contribution in [0.4, 0.5) is 0 Å². The normalized spacial score (nSPS) is 11.9. The Balaban J connectivity index is 2.94. The molecule has 0 saturated carbocycles. The molecular formula is C11H11ClO3. The lowest BCUT2D eigenvalue weighted by Gasteiger charge is -2.12. The molecule has 0 saturated heterocycles. The van der Waals surface area contributed by atoms with Gasteiger partial charge in [-0.3, -0.25) is 0 Å². The smallest absolute Gasteiger partial charge is 0.344 e. The first-order chi connectivity index (χ1) is 7.04. The van der Waals surface area contributed by atoms with Crippen LogP contribution in [0.25, 0.3) is 6.08 Å². The largest absolute Gasteiger partial charge is 0.479 e. The molecule has 0 aliphatic carbocycles. The van der Waals surface area contributed by atoms with Crippen LogP contribution in [0.3, 0.4) is 0 Å². The molecule has 0 fully saturated rings. The predicted octanol–water partition coefficient (Wildman–Crippen LogP) is 2.83. The molecule has 0 aromatic heterocycles. The van der Waals surface area contributed by atoms with Gasteiger partial charge in [0.1, 0.15) is 5.75 Å². The van der Waals surface area contributed by atoms with Gasteiger partial charge in [-0.15, -0.1) is 0 Å². The Morgan fingerprint density at radius 2 is 2.33 bits per heavy atom. The molecule has 0 aliphatic heterocycles. The van der Waals surface area contributed by atoms with Crippen molar-refractivity contribution in [1.82, 2.24) is 0 Å². The standard InChI is InChI=1S/C11H11ClO3/c1-3-8-6-9(12)4-5-10(8)15-7(2)11(13)14/h3-7H,1H2,2H3,(H,13,14). The van der Waals surface area contributed by atoms with Gasteiger partial charge in [0.15, 0.2) is 6.10 Å². The number of benzene rings is 1.